The van der Waals surface area contributed by atoms with Gasteiger partial charge in [0, 0.05) is 12.1 Å². The Balaban J connectivity index is 2.03. The lowest BCUT2D eigenvalue weighted by Crippen LogP contribution is -2.10. The van der Waals surface area contributed by atoms with Crippen LogP contribution in [0.3, 0.4) is 0 Å². The number of thiophene rings is 1. The molecule has 0 aliphatic carbocycles. The van der Waals surface area contributed by atoms with Crippen LogP contribution in [0.4, 0.5) is 5.82 Å². The molecule has 0 saturated carbocycles. The van der Waals surface area contributed by atoms with Crippen molar-refractivity contribution in [3.8, 4) is 22.0 Å². The average molecular weight is 312 g/mol. The standard InChI is InChI=1S/C16H16N4OS/c1-11-4-6-12(7-5-11)14-16(17-8-9-21)18-15(20-19-14)13-3-2-10-22-13/h2-7,10,21H,8-9H2,1H3,(H,17,18,20). The second-order valence-electron chi connectivity index (χ2n) is 4.83. The average Bonchev–Trinajstić information content (AvgIpc) is 3.08. The maximum absolute atomic E-state index is 9.05. The number of anilines is 1. The maximum atomic E-state index is 9.05. The van der Waals surface area contributed by atoms with Gasteiger partial charge in [-0.1, -0.05) is 35.9 Å². The molecule has 6 heteroatoms. The Bertz CT molecular complexity index is 741. The lowest BCUT2D eigenvalue weighted by molar-refractivity contribution is 0.311. The van der Waals surface area contributed by atoms with Crippen LogP contribution < -0.4 is 5.32 Å². The number of aryl methyl sites for hydroxylation is 1. The molecule has 5 nitrogen and oxygen atoms in total. The summed E-state index contributed by atoms with van der Waals surface area (Å²) in [6, 6.07) is 12.0. The highest BCUT2D eigenvalue weighted by atomic mass is 32.1. The summed E-state index contributed by atoms with van der Waals surface area (Å²) in [6.07, 6.45) is 0. The molecule has 0 fully saturated rings. The Kier molecular flexibility index (Phi) is 4.41. The van der Waals surface area contributed by atoms with Gasteiger partial charge in [-0.15, -0.1) is 21.5 Å². The molecule has 1 aromatic carbocycles. The molecule has 22 heavy (non-hydrogen) atoms. The van der Waals surface area contributed by atoms with Crippen LogP contribution in [0.25, 0.3) is 22.0 Å². The van der Waals surface area contributed by atoms with Crippen LogP contribution in [-0.2, 0) is 0 Å². The smallest absolute Gasteiger partial charge is 0.193 e. The number of rotatable bonds is 5. The molecule has 2 N–H and O–H groups in total. The van der Waals surface area contributed by atoms with Gasteiger partial charge in [-0.05, 0) is 18.4 Å². The molecular weight excluding hydrogens is 296 g/mol. The van der Waals surface area contributed by atoms with Crippen molar-refractivity contribution in [2.45, 2.75) is 6.92 Å². The topological polar surface area (TPSA) is 70.9 Å². The van der Waals surface area contributed by atoms with Gasteiger partial charge < -0.3 is 10.4 Å². The number of hydrogen-bond acceptors (Lipinski definition) is 6. The fourth-order valence-electron chi connectivity index (χ4n) is 2.04. The van der Waals surface area contributed by atoms with Gasteiger partial charge in [0.05, 0.1) is 11.5 Å². The summed E-state index contributed by atoms with van der Waals surface area (Å²) in [4.78, 5) is 5.53. The Morgan fingerprint density at radius 1 is 1.14 bits per heavy atom. The summed E-state index contributed by atoms with van der Waals surface area (Å²) in [5, 5.41) is 22.7. The molecule has 3 aromatic rings. The van der Waals surface area contributed by atoms with Gasteiger partial charge in [-0.2, -0.15) is 0 Å². The third-order valence-electron chi connectivity index (χ3n) is 3.16. The number of aromatic nitrogens is 3. The van der Waals surface area contributed by atoms with Gasteiger partial charge >= 0.3 is 0 Å². The number of aliphatic hydroxyl groups excluding tert-OH is 1. The first-order valence-electron chi connectivity index (χ1n) is 6.98. The fourth-order valence-corrected chi connectivity index (χ4v) is 2.69. The number of benzene rings is 1. The molecule has 112 valence electrons. The molecule has 0 aliphatic rings. The molecule has 0 atom stereocenters. The normalized spacial score (nSPS) is 10.6. The van der Waals surface area contributed by atoms with Crippen molar-refractivity contribution >= 4 is 17.2 Å². The molecule has 0 bridgehead atoms. The summed E-state index contributed by atoms with van der Waals surface area (Å²) < 4.78 is 0. The number of aliphatic hydroxyl groups is 1. The molecule has 0 saturated heterocycles. The van der Waals surface area contributed by atoms with Crippen molar-refractivity contribution in [1.29, 1.82) is 0 Å². The number of nitrogens with one attached hydrogen (secondary N) is 1. The maximum Gasteiger partial charge on any atom is 0.193 e. The summed E-state index contributed by atoms with van der Waals surface area (Å²) >= 11 is 1.57. The second kappa shape index (κ2) is 6.64. The molecular formula is C16H16N4OS. The van der Waals surface area contributed by atoms with Crippen LogP contribution in [0.1, 0.15) is 5.56 Å². The van der Waals surface area contributed by atoms with E-state index >= 15 is 0 Å². The Morgan fingerprint density at radius 3 is 2.64 bits per heavy atom. The first-order valence-corrected chi connectivity index (χ1v) is 7.86. The van der Waals surface area contributed by atoms with Crippen LogP contribution in [-0.4, -0.2) is 33.4 Å². The zero-order chi connectivity index (χ0) is 15.4. The van der Waals surface area contributed by atoms with E-state index < -0.39 is 0 Å². The van der Waals surface area contributed by atoms with Crippen molar-refractivity contribution in [2.75, 3.05) is 18.5 Å². The second-order valence-corrected chi connectivity index (χ2v) is 5.77. The van der Waals surface area contributed by atoms with E-state index in [1.54, 1.807) is 11.3 Å². The predicted octanol–water partition coefficient (Wildman–Crippen LogP) is 2.98. The minimum Gasteiger partial charge on any atom is -0.395 e. The Hall–Kier alpha value is -2.31. The van der Waals surface area contributed by atoms with Crippen molar-refractivity contribution in [3.63, 3.8) is 0 Å². The monoisotopic (exact) mass is 312 g/mol. The van der Waals surface area contributed by atoms with E-state index in [4.69, 9.17) is 5.11 Å². The largest absolute Gasteiger partial charge is 0.395 e. The molecule has 0 unspecified atom stereocenters. The summed E-state index contributed by atoms with van der Waals surface area (Å²) in [6.45, 7) is 2.49. The Morgan fingerprint density at radius 2 is 1.95 bits per heavy atom. The van der Waals surface area contributed by atoms with E-state index in [9.17, 15) is 0 Å². The quantitative estimate of drug-likeness (QED) is 0.758. The number of hydrogen-bond donors (Lipinski definition) is 2. The molecule has 0 radical (unpaired) electrons. The van der Waals surface area contributed by atoms with Gasteiger partial charge in [-0.25, -0.2) is 4.98 Å². The van der Waals surface area contributed by atoms with E-state index in [0.29, 0.717) is 23.9 Å². The Labute approximate surface area is 132 Å². The molecule has 2 heterocycles. The van der Waals surface area contributed by atoms with Crippen LogP contribution in [0.5, 0.6) is 0 Å². The molecule has 0 aliphatic heterocycles. The fraction of sp³-hybridized carbons (Fsp3) is 0.188. The van der Waals surface area contributed by atoms with Crippen LogP contribution in [0.15, 0.2) is 41.8 Å². The molecule has 0 amide bonds. The van der Waals surface area contributed by atoms with Crippen LogP contribution in [0.2, 0.25) is 0 Å². The summed E-state index contributed by atoms with van der Waals surface area (Å²) in [7, 11) is 0. The van der Waals surface area contributed by atoms with Crippen molar-refractivity contribution < 1.29 is 5.11 Å². The minimum atomic E-state index is 0.0334. The first-order chi connectivity index (χ1) is 10.8. The zero-order valence-electron chi connectivity index (χ0n) is 12.2. The van der Waals surface area contributed by atoms with Crippen LogP contribution >= 0.6 is 11.3 Å². The highest BCUT2D eigenvalue weighted by Crippen LogP contribution is 2.27. The summed E-state index contributed by atoms with van der Waals surface area (Å²) in [5.74, 6) is 1.22. The highest BCUT2D eigenvalue weighted by Gasteiger charge is 2.12. The first kappa shape index (κ1) is 14.6. The summed E-state index contributed by atoms with van der Waals surface area (Å²) in [5.41, 5.74) is 2.82. The predicted molar refractivity (Wildman–Crippen MR) is 88.9 cm³/mol. The van der Waals surface area contributed by atoms with Gasteiger partial charge in [-0.3, -0.25) is 0 Å². The minimum absolute atomic E-state index is 0.0334. The SMILES string of the molecule is Cc1ccc(-c2nnc(-c3cccs3)nc2NCCO)cc1. The highest BCUT2D eigenvalue weighted by molar-refractivity contribution is 7.13. The number of nitrogens with zero attached hydrogens (tertiary/aromatic N) is 3. The molecule has 2 aromatic heterocycles. The van der Waals surface area contributed by atoms with Crippen molar-refractivity contribution in [1.82, 2.24) is 15.2 Å². The lowest BCUT2D eigenvalue weighted by Gasteiger charge is -2.10. The van der Waals surface area contributed by atoms with E-state index in [1.165, 1.54) is 5.56 Å². The van der Waals surface area contributed by atoms with Gasteiger partial charge in [0.25, 0.3) is 0 Å². The third kappa shape index (κ3) is 3.13. The molecule has 0 spiro atoms. The molecule has 3 rings (SSSR count). The van der Waals surface area contributed by atoms with Gasteiger partial charge in [0.1, 0.15) is 5.69 Å². The van der Waals surface area contributed by atoms with Gasteiger partial charge in [0.2, 0.25) is 0 Å². The van der Waals surface area contributed by atoms with E-state index in [-0.39, 0.29) is 6.61 Å². The van der Waals surface area contributed by atoms with E-state index in [0.717, 1.165) is 10.4 Å². The van der Waals surface area contributed by atoms with E-state index in [1.807, 2.05) is 48.7 Å². The van der Waals surface area contributed by atoms with Crippen molar-refractivity contribution in [2.24, 2.45) is 0 Å². The van der Waals surface area contributed by atoms with Crippen molar-refractivity contribution in [3.05, 3.63) is 47.3 Å². The third-order valence-corrected chi connectivity index (χ3v) is 4.02. The van der Waals surface area contributed by atoms with Crippen LogP contribution in [0, 0.1) is 6.92 Å². The van der Waals surface area contributed by atoms with E-state index in [2.05, 4.69) is 20.5 Å². The zero-order valence-corrected chi connectivity index (χ0v) is 13.0. The van der Waals surface area contributed by atoms with Gasteiger partial charge in [0.15, 0.2) is 11.6 Å². The lowest BCUT2D eigenvalue weighted by atomic mass is 10.1.